The van der Waals surface area contributed by atoms with Crippen molar-refractivity contribution in [2.75, 3.05) is 23.4 Å². The molecule has 0 aliphatic carbocycles. The van der Waals surface area contributed by atoms with Crippen LogP contribution in [0.4, 0.5) is 11.4 Å². The van der Waals surface area contributed by atoms with Crippen molar-refractivity contribution in [3.8, 4) is 5.75 Å². The molecule has 1 heterocycles. The van der Waals surface area contributed by atoms with Crippen molar-refractivity contribution in [2.45, 2.75) is 46.0 Å². The van der Waals surface area contributed by atoms with Gasteiger partial charge in [0.25, 0.3) is 5.91 Å². The maximum Gasteiger partial charge on any atom is 0.255 e. The molecule has 5 nitrogen and oxygen atoms in total. The molecule has 28 heavy (non-hydrogen) atoms. The molecule has 1 N–H and O–H groups in total. The van der Waals surface area contributed by atoms with Crippen LogP contribution < -0.4 is 15.0 Å². The number of rotatable bonds is 8. The molecule has 2 aromatic rings. The van der Waals surface area contributed by atoms with Crippen LogP contribution in [0.5, 0.6) is 5.75 Å². The van der Waals surface area contributed by atoms with Crippen molar-refractivity contribution in [3.05, 3.63) is 53.6 Å². The molecule has 2 aromatic carbocycles. The summed E-state index contributed by atoms with van der Waals surface area (Å²) in [6.45, 7) is 5.60. The summed E-state index contributed by atoms with van der Waals surface area (Å²) in [5, 5.41) is 2.95. The number of hydrogen-bond donors (Lipinski definition) is 1. The van der Waals surface area contributed by atoms with Gasteiger partial charge in [-0.3, -0.25) is 9.59 Å². The highest BCUT2D eigenvalue weighted by Crippen LogP contribution is 2.30. The van der Waals surface area contributed by atoms with Crippen LogP contribution in [0.25, 0.3) is 0 Å². The van der Waals surface area contributed by atoms with E-state index in [1.807, 2.05) is 35.2 Å². The van der Waals surface area contributed by atoms with E-state index < -0.39 is 0 Å². The zero-order valence-corrected chi connectivity index (χ0v) is 16.7. The molecule has 0 bridgehead atoms. The maximum atomic E-state index is 12.6. The summed E-state index contributed by atoms with van der Waals surface area (Å²) in [6, 6.07) is 13.0. The van der Waals surface area contributed by atoms with Crippen molar-refractivity contribution >= 4 is 23.2 Å². The van der Waals surface area contributed by atoms with Gasteiger partial charge < -0.3 is 15.0 Å². The smallest absolute Gasteiger partial charge is 0.255 e. The molecular formula is C23H28N2O3. The predicted octanol–water partition coefficient (Wildman–Crippen LogP) is 4.81. The van der Waals surface area contributed by atoms with Gasteiger partial charge in [0.15, 0.2) is 0 Å². The van der Waals surface area contributed by atoms with E-state index in [0.29, 0.717) is 25.0 Å². The first kappa shape index (κ1) is 19.9. The number of nitrogens with one attached hydrogen (secondary N) is 1. The summed E-state index contributed by atoms with van der Waals surface area (Å²) < 4.78 is 5.64. The van der Waals surface area contributed by atoms with Crippen LogP contribution in [-0.4, -0.2) is 25.0 Å². The second-order valence-corrected chi connectivity index (χ2v) is 7.07. The van der Waals surface area contributed by atoms with E-state index >= 15 is 0 Å². The molecule has 2 amide bonds. The minimum atomic E-state index is -0.155. The number of hydrogen-bond acceptors (Lipinski definition) is 3. The molecule has 3 rings (SSSR count). The van der Waals surface area contributed by atoms with E-state index in [9.17, 15) is 9.59 Å². The third-order valence-corrected chi connectivity index (χ3v) is 4.87. The van der Waals surface area contributed by atoms with Crippen LogP contribution >= 0.6 is 0 Å². The molecule has 0 radical (unpaired) electrons. The number of amides is 2. The Morgan fingerprint density at radius 2 is 1.86 bits per heavy atom. The largest absolute Gasteiger partial charge is 0.494 e. The molecule has 0 atom stereocenters. The SMILES string of the molecule is CCCCOc1ccc(C(=O)Nc2ccc3c(c2)CCC(=O)N3CCC)cc1. The summed E-state index contributed by atoms with van der Waals surface area (Å²) >= 11 is 0. The number of unbranched alkanes of at least 4 members (excludes halogenated alkanes) is 1. The van der Waals surface area contributed by atoms with Gasteiger partial charge in [0.2, 0.25) is 5.91 Å². The monoisotopic (exact) mass is 380 g/mol. The van der Waals surface area contributed by atoms with Crippen LogP contribution in [0.3, 0.4) is 0 Å². The van der Waals surface area contributed by atoms with Crippen LogP contribution in [0.2, 0.25) is 0 Å². The maximum absolute atomic E-state index is 12.6. The average molecular weight is 380 g/mol. The first-order chi connectivity index (χ1) is 13.6. The number of anilines is 2. The van der Waals surface area contributed by atoms with Gasteiger partial charge >= 0.3 is 0 Å². The Morgan fingerprint density at radius 1 is 1.07 bits per heavy atom. The Kier molecular flexibility index (Phi) is 6.69. The van der Waals surface area contributed by atoms with Gasteiger partial charge in [-0.25, -0.2) is 0 Å². The van der Waals surface area contributed by atoms with Gasteiger partial charge in [-0.15, -0.1) is 0 Å². The van der Waals surface area contributed by atoms with E-state index in [4.69, 9.17) is 4.74 Å². The van der Waals surface area contributed by atoms with Gasteiger partial charge in [-0.1, -0.05) is 20.3 Å². The lowest BCUT2D eigenvalue weighted by molar-refractivity contribution is -0.118. The van der Waals surface area contributed by atoms with E-state index in [1.54, 1.807) is 12.1 Å². The molecule has 0 unspecified atom stereocenters. The van der Waals surface area contributed by atoms with Gasteiger partial charge in [0, 0.05) is 29.9 Å². The number of carbonyl (C=O) groups is 2. The number of nitrogens with zero attached hydrogens (tertiary/aromatic N) is 1. The molecule has 148 valence electrons. The zero-order chi connectivity index (χ0) is 19.9. The van der Waals surface area contributed by atoms with Crippen LogP contribution in [0.1, 0.15) is 55.5 Å². The molecule has 1 aliphatic rings. The highest BCUT2D eigenvalue weighted by Gasteiger charge is 2.23. The number of benzene rings is 2. The Bertz CT molecular complexity index is 830. The normalized spacial score (nSPS) is 13.2. The van der Waals surface area contributed by atoms with E-state index in [2.05, 4.69) is 19.2 Å². The minimum Gasteiger partial charge on any atom is -0.494 e. The highest BCUT2D eigenvalue weighted by atomic mass is 16.5. The highest BCUT2D eigenvalue weighted by molar-refractivity contribution is 6.05. The molecule has 0 saturated heterocycles. The standard InChI is InChI=1S/C23H28N2O3/c1-3-5-15-28-20-10-6-17(7-11-20)23(27)24-19-9-12-21-18(16-19)8-13-22(26)25(21)14-4-2/h6-7,9-12,16H,3-5,8,13-15H2,1-2H3,(H,24,27). The van der Waals surface area contributed by atoms with Crippen LogP contribution in [0, 0.1) is 0 Å². The van der Waals surface area contributed by atoms with E-state index in [1.165, 1.54) is 0 Å². The quantitative estimate of drug-likeness (QED) is 0.669. The van der Waals surface area contributed by atoms with Crippen LogP contribution in [0.15, 0.2) is 42.5 Å². The van der Waals surface area contributed by atoms with Gasteiger partial charge in [-0.2, -0.15) is 0 Å². The molecular weight excluding hydrogens is 352 g/mol. The fourth-order valence-electron chi connectivity index (χ4n) is 3.35. The van der Waals surface area contributed by atoms with E-state index in [0.717, 1.165) is 48.5 Å². The summed E-state index contributed by atoms with van der Waals surface area (Å²) in [5.41, 5.74) is 3.40. The second kappa shape index (κ2) is 9.40. The number of aryl methyl sites for hydroxylation is 1. The Hall–Kier alpha value is -2.82. The topological polar surface area (TPSA) is 58.6 Å². The number of fused-ring (bicyclic) bond motifs is 1. The Labute approximate surface area is 166 Å². The summed E-state index contributed by atoms with van der Waals surface area (Å²) in [5.74, 6) is 0.796. The lowest BCUT2D eigenvalue weighted by Crippen LogP contribution is -2.35. The predicted molar refractivity (Wildman–Crippen MR) is 112 cm³/mol. The minimum absolute atomic E-state index is 0.155. The summed E-state index contributed by atoms with van der Waals surface area (Å²) in [7, 11) is 0. The Balaban J connectivity index is 1.67. The third-order valence-electron chi connectivity index (χ3n) is 4.87. The molecule has 0 aromatic heterocycles. The van der Waals surface area contributed by atoms with Gasteiger partial charge in [0.1, 0.15) is 5.75 Å². The second-order valence-electron chi connectivity index (χ2n) is 7.07. The Morgan fingerprint density at radius 3 is 2.57 bits per heavy atom. The van der Waals surface area contributed by atoms with Crippen molar-refractivity contribution < 1.29 is 14.3 Å². The fraction of sp³-hybridized carbons (Fsp3) is 0.391. The van der Waals surface area contributed by atoms with E-state index in [-0.39, 0.29) is 11.8 Å². The fourth-order valence-corrected chi connectivity index (χ4v) is 3.35. The first-order valence-electron chi connectivity index (χ1n) is 10.1. The molecule has 0 saturated carbocycles. The summed E-state index contributed by atoms with van der Waals surface area (Å²) in [4.78, 5) is 26.6. The first-order valence-corrected chi connectivity index (χ1v) is 10.1. The van der Waals surface area contributed by atoms with Crippen molar-refractivity contribution in [1.82, 2.24) is 0 Å². The lowest BCUT2D eigenvalue weighted by Gasteiger charge is -2.29. The zero-order valence-electron chi connectivity index (χ0n) is 16.7. The molecule has 5 heteroatoms. The molecule has 1 aliphatic heterocycles. The van der Waals surface area contributed by atoms with Crippen molar-refractivity contribution in [2.24, 2.45) is 0 Å². The molecule has 0 spiro atoms. The van der Waals surface area contributed by atoms with Crippen molar-refractivity contribution in [1.29, 1.82) is 0 Å². The van der Waals surface area contributed by atoms with Gasteiger partial charge in [-0.05, 0) is 67.3 Å². The number of carbonyl (C=O) groups excluding carboxylic acids is 2. The number of ether oxygens (including phenoxy) is 1. The van der Waals surface area contributed by atoms with Crippen LogP contribution in [-0.2, 0) is 11.2 Å². The van der Waals surface area contributed by atoms with Crippen molar-refractivity contribution in [3.63, 3.8) is 0 Å². The third kappa shape index (κ3) is 4.71. The van der Waals surface area contributed by atoms with Gasteiger partial charge in [0.05, 0.1) is 6.61 Å². The lowest BCUT2D eigenvalue weighted by atomic mass is 10.00. The average Bonchev–Trinajstić information content (AvgIpc) is 2.71. The molecule has 0 fully saturated rings. The summed E-state index contributed by atoms with van der Waals surface area (Å²) in [6.07, 6.45) is 4.25.